The molecule has 8 heteroatoms. The number of fused-ring (bicyclic) bond motifs is 1. The molecule has 1 atom stereocenters. The van der Waals surface area contributed by atoms with Crippen molar-refractivity contribution in [3.05, 3.63) is 58.6 Å². The largest absolute Gasteiger partial charge is 0.492 e. The first-order valence-electron chi connectivity index (χ1n) is 7.86. The molecule has 0 bridgehead atoms. The van der Waals surface area contributed by atoms with E-state index in [0.717, 1.165) is 17.7 Å². The number of alkyl halides is 3. The molecule has 0 aromatic heterocycles. The van der Waals surface area contributed by atoms with Gasteiger partial charge in [-0.3, -0.25) is 4.79 Å². The zero-order valence-corrected chi connectivity index (χ0v) is 14.2. The summed E-state index contributed by atoms with van der Waals surface area (Å²) in [5.74, 6) is 0.396. The first-order chi connectivity index (χ1) is 12.3. The lowest BCUT2D eigenvalue weighted by Gasteiger charge is -2.13. The summed E-state index contributed by atoms with van der Waals surface area (Å²) in [5, 5.41) is 3.22. The predicted octanol–water partition coefficient (Wildman–Crippen LogP) is 3.86. The third-order valence-corrected chi connectivity index (χ3v) is 4.06. The van der Waals surface area contributed by atoms with Gasteiger partial charge < -0.3 is 14.8 Å². The van der Waals surface area contributed by atoms with Gasteiger partial charge in [-0.25, -0.2) is 0 Å². The van der Waals surface area contributed by atoms with Crippen LogP contribution in [0.5, 0.6) is 11.5 Å². The summed E-state index contributed by atoms with van der Waals surface area (Å²) in [4.78, 5) is 12.1. The third kappa shape index (κ3) is 4.40. The van der Waals surface area contributed by atoms with Crippen molar-refractivity contribution in [1.29, 1.82) is 0 Å². The van der Waals surface area contributed by atoms with Crippen LogP contribution in [0.4, 0.5) is 13.2 Å². The number of hydrogen-bond acceptors (Lipinski definition) is 3. The second-order valence-electron chi connectivity index (χ2n) is 5.73. The van der Waals surface area contributed by atoms with E-state index in [0.29, 0.717) is 17.2 Å². The molecule has 1 unspecified atom stereocenters. The highest BCUT2D eigenvalue weighted by atomic mass is 35.5. The summed E-state index contributed by atoms with van der Waals surface area (Å²) < 4.78 is 48.7. The van der Waals surface area contributed by atoms with Gasteiger partial charge in [-0.15, -0.1) is 0 Å². The van der Waals surface area contributed by atoms with Gasteiger partial charge in [0.1, 0.15) is 18.1 Å². The number of rotatable bonds is 5. The quantitative estimate of drug-likeness (QED) is 0.795. The molecule has 0 radical (unpaired) electrons. The van der Waals surface area contributed by atoms with Gasteiger partial charge in [0, 0.05) is 11.4 Å². The van der Waals surface area contributed by atoms with Gasteiger partial charge in [0.15, 0.2) is 6.10 Å². The Morgan fingerprint density at radius 2 is 2.08 bits per heavy atom. The van der Waals surface area contributed by atoms with E-state index < -0.39 is 17.8 Å². The Bertz CT molecular complexity index is 811. The Morgan fingerprint density at radius 1 is 1.27 bits per heavy atom. The van der Waals surface area contributed by atoms with E-state index in [2.05, 4.69) is 5.32 Å². The number of ether oxygens (including phenoxy) is 2. The molecule has 4 nitrogen and oxygen atoms in total. The topological polar surface area (TPSA) is 47.6 Å². The second-order valence-corrected chi connectivity index (χ2v) is 6.16. The first-order valence-corrected chi connectivity index (χ1v) is 8.23. The average Bonchev–Trinajstić information content (AvgIpc) is 3.01. The van der Waals surface area contributed by atoms with Crippen LogP contribution in [0.25, 0.3) is 0 Å². The van der Waals surface area contributed by atoms with Crippen LogP contribution in [0.15, 0.2) is 42.5 Å². The highest BCUT2D eigenvalue weighted by Crippen LogP contribution is 2.32. The van der Waals surface area contributed by atoms with E-state index in [1.165, 1.54) is 12.1 Å². The maximum Gasteiger partial charge on any atom is 0.416 e. The van der Waals surface area contributed by atoms with Crippen molar-refractivity contribution >= 4 is 17.5 Å². The molecule has 1 aliphatic heterocycles. The van der Waals surface area contributed by atoms with Crippen LogP contribution < -0.4 is 14.8 Å². The molecule has 2 aromatic carbocycles. The standard InChI is InChI=1S/C18H15ClF3NO3/c19-13-4-5-15-11(8-13)9-16(26-15)17(24)23-6-7-25-14-3-1-2-12(10-14)18(20,21)22/h1-5,8,10,16H,6-7,9H2,(H,23,24). The van der Waals surface area contributed by atoms with Crippen LogP contribution in [0, 0.1) is 0 Å². The maximum atomic E-state index is 12.6. The molecular weight excluding hydrogens is 371 g/mol. The predicted molar refractivity (Wildman–Crippen MR) is 89.5 cm³/mol. The molecule has 0 saturated carbocycles. The lowest BCUT2D eigenvalue weighted by Crippen LogP contribution is -2.39. The van der Waals surface area contributed by atoms with E-state index in [4.69, 9.17) is 21.1 Å². The van der Waals surface area contributed by atoms with Gasteiger partial charge in [0.05, 0.1) is 12.1 Å². The highest BCUT2D eigenvalue weighted by molar-refractivity contribution is 6.30. The van der Waals surface area contributed by atoms with Gasteiger partial charge >= 0.3 is 6.18 Å². The number of carbonyl (C=O) groups excluding carboxylic acids is 1. The van der Waals surface area contributed by atoms with Crippen LogP contribution in [0.3, 0.4) is 0 Å². The number of halogens is 4. The van der Waals surface area contributed by atoms with Crippen molar-refractivity contribution in [3.63, 3.8) is 0 Å². The van der Waals surface area contributed by atoms with Gasteiger partial charge in [-0.1, -0.05) is 17.7 Å². The van der Waals surface area contributed by atoms with E-state index in [9.17, 15) is 18.0 Å². The molecule has 0 aliphatic carbocycles. The Morgan fingerprint density at radius 3 is 2.85 bits per heavy atom. The summed E-state index contributed by atoms with van der Waals surface area (Å²) in [7, 11) is 0. The summed E-state index contributed by atoms with van der Waals surface area (Å²) in [6.45, 7) is 0.185. The molecule has 1 amide bonds. The number of benzene rings is 2. The Balaban J connectivity index is 1.45. The molecule has 1 N–H and O–H groups in total. The number of hydrogen-bond donors (Lipinski definition) is 1. The first kappa shape index (κ1) is 18.4. The fourth-order valence-electron chi connectivity index (χ4n) is 2.58. The van der Waals surface area contributed by atoms with Gasteiger partial charge in [-0.05, 0) is 42.0 Å². The molecule has 1 aliphatic rings. The minimum atomic E-state index is -4.43. The highest BCUT2D eigenvalue weighted by Gasteiger charge is 2.31. The van der Waals surface area contributed by atoms with Crippen molar-refractivity contribution < 1.29 is 27.4 Å². The monoisotopic (exact) mass is 385 g/mol. The molecule has 26 heavy (non-hydrogen) atoms. The van der Waals surface area contributed by atoms with E-state index in [1.54, 1.807) is 18.2 Å². The fraction of sp³-hybridized carbons (Fsp3) is 0.278. The molecule has 3 rings (SSSR count). The number of amides is 1. The second kappa shape index (κ2) is 7.45. The molecule has 0 spiro atoms. The van der Waals surface area contributed by atoms with Gasteiger partial charge in [0.25, 0.3) is 5.91 Å². The van der Waals surface area contributed by atoms with Crippen LogP contribution >= 0.6 is 11.6 Å². The van der Waals surface area contributed by atoms with Crippen molar-refractivity contribution in [3.8, 4) is 11.5 Å². The van der Waals surface area contributed by atoms with Crippen LogP contribution in [0.1, 0.15) is 11.1 Å². The summed E-state index contributed by atoms with van der Waals surface area (Å²) >= 11 is 5.91. The Kier molecular flexibility index (Phi) is 5.27. The molecule has 0 fully saturated rings. The van der Waals surface area contributed by atoms with Gasteiger partial charge in [-0.2, -0.15) is 13.2 Å². The zero-order valence-electron chi connectivity index (χ0n) is 13.5. The Hall–Kier alpha value is -2.41. The van der Waals surface area contributed by atoms with Crippen molar-refractivity contribution in [2.75, 3.05) is 13.2 Å². The van der Waals surface area contributed by atoms with Crippen molar-refractivity contribution in [2.45, 2.75) is 18.7 Å². The van der Waals surface area contributed by atoms with E-state index in [1.807, 2.05) is 0 Å². The lowest BCUT2D eigenvalue weighted by molar-refractivity contribution is -0.137. The normalized spacial score (nSPS) is 15.9. The van der Waals surface area contributed by atoms with Gasteiger partial charge in [0.2, 0.25) is 0 Å². The average molecular weight is 386 g/mol. The summed E-state index contributed by atoms with van der Waals surface area (Å²) in [5.41, 5.74) is 0.0766. The van der Waals surface area contributed by atoms with Crippen LogP contribution in [0.2, 0.25) is 5.02 Å². The maximum absolute atomic E-state index is 12.6. The van der Waals surface area contributed by atoms with Crippen LogP contribution in [-0.4, -0.2) is 25.2 Å². The van der Waals surface area contributed by atoms with Crippen molar-refractivity contribution in [2.24, 2.45) is 0 Å². The Labute approximate surface area is 152 Å². The minimum absolute atomic E-state index is 0.0402. The van der Waals surface area contributed by atoms with Crippen LogP contribution in [-0.2, 0) is 17.4 Å². The smallest absolute Gasteiger partial charge is 0.416 e. The molecule has 138 valence electrons. The molecule has 0 saturated heterocycles. The molecule has 2 aromatic rings. The molecular formula is C18H15ClF3NO3. The lowest BCUT2D eigenvalue weighted by atomic mass is 10.1. The van der Waals surface area contributed by atoms with Crippen molar-refractivity contribution in [1.82, 2.24) is 5.32 Å². The fourth-order valence-corrected chi connectivity index (χ4v) is 2.78. The van der Waals surface area contributed by atoms with E-state index in [-0.39, 0.29) is 24.8 Å². The molecule has 1 heterocycles. The summed E-state index contributed by atoms with van der Waals surface area (Å²) in [6, 6.07) is 9.73. The number of carbonyl (C=O) groups is 1. The third-order valence-electron chi connectivity index (χ3n) is 3.82. The number of nitrogens with one attached hydrogen (secondary N) is 1. The minimum Gasteiger partial charge on any atom is -0.492 e. The summed E-state index contributed by atoms with van der Waals surface area (Å²) in [6.07, 6.45) is -4.67. The zero-order chi connectivity index (χ0) is 18.7. The SMILES string of the molecule is O=C(NCCOc1cccc(C(F)(F)F)c1)C1Cc2cc(Cl)ccc2O1. The van der Waals surface area contributed by atoms with E-state index >= 15 is 0 Å².